The first-order valence-corrected chi connectivity index (χ1v) is 9.06. The molecule has 4 rings (SSSR count). The van der Waals surface area contributed by atoms with Crippen LogP contribution in [0.15, 0.2) is 54.6 Å². The number of carbonyl (C=O) groups is 1. The monoisotopic (exact) mass is 364 g/mol. The van der Waals surface area contributed by atoms with Gasteiger partial charge in [0, 0.05) is 11.3 Å². The molecule has 2 aromatic carbocycles. The minimum absolute atomic E-state index is 0.0141. The van der Waals surface area contributed by atoms with Crippen LogP contribution in [0, 0.1) is 11.7 Å². The summed E-state index contributed by atoms with van der Waals surface area (Å²) in [4.78, 5) is 19.2. The van der Waals surface area contributed by atoms with Gasteiger partial charge in [-0.05, 0) is 30.7 Å². The maximum absolute atomic E-state index is 14.6. The van der Waals surface area contributed by atoms with Gasteiger partial charge in [0.25, 0.3) is 0 Å². The number of amides is 1. The summed E-state index contributed by atoms with van der Waals surface area (Å²) in [6.07, 6.45) is 0.559. The quantitative estimate of drug-likeness (QED) is 0.685. The average molecular weight is 364 g/mol. The second-order valence-electron chi connectivity index (χ2n) is 6.97. The Morgan fingerprint density at radius 3 is 2.78 bits per heavy atom. The standard InChI is InChI=1S/C22H21FN2O2/c1-14-12-19(21-17(23)7-5-9-20(21)27-2)25(22(14)26)13-16-11-10-15-6-3-4-8-18(15)24-16/h3-11,14,19H,12-13H2,1-2H3. The van der Waals surface area contributed by atoms with E-state index in [9.17, 15) is 9.18 Å². The normalized spacial score (nSPS) is 19.7. The number of halogens is 1. The molecule has 0 aliphatic carbocycles. The van der Waals surface area contributed by atoms with Gasteiger partial charge in [-0.15, -0.1) is 0 Å². The first kappa shape index (κ1) is 17.5. The Kier molecular flexibility index (Phi) is 4.52. The number of aromatic nitrogens is 1. The van der Waals surface area contributed by atoms with Crippen LogP contribution in [0.3, 0.4) is 0 Å². The van der Waals surface area contributed by atoms with Gasteiger partial charge >= 0.3 is 0 Å². The number of fused-ring (bicyclic) bond motifs is 1. The van der Waals surface area contributed by atoms with E-state index < -0.39 is 0 Å². The fraction of sp³-hybridized carbons (Fsp3) is 0.273. The van der Waals surface area contributed by atoms with Crippen molar-refractivity contribution in [2.75, 3.05) is 7.11 Å². The Morgan fingerprint density at radius 1 is 1.15 bits per heavy atom. The molecular weight excluding hydrogens is 343 g/mol. The van der Waals surface area contributed by atoms with Crippen molar-refractivity contribution in [3.63, 3.8) is 0 Å². The number of ether oxygens (including phenoxy) is 1. The van der Waals surface area contributed by atoms with Gasteiger partial charge in [-0.2, -0.15) is 0 Å². The molecule has 0 N–H and O–H groups in total. The summed E-state index contributed by atoms with van der Waals surface area (Å²) in [5.74, 6) is -0.0314. The van der Waals surface area contributed by atoms with Gasteiger partial charge in [0.15, 0.2) is 0 Å². The Balaban J connectivity index is 1.71. The van der Waals surface area contributed by atoms with Crippen molar-refractivity contribution in [1.82, 2.24) is 9.88 Å². The first-order chi connectivity index (χ1) is 13.1. The smallest absolute Gasteiger partial charge is 0.226 e. The maximum atomic E-state index is 14.6. The highest BCUT2D eigenvalue weighted by Gasteiger charge is 2.40. The van der Waals surface area contributed by atoms with Crippen molar-refractivity contribution in [2.24, 2.45) is 5.92 Å². The molecule has 1 aromatic heterocycles. The lowest BCUT2D eigenvalue weighted by Gasteiger charge is -2.26. The van der Waals surface area contributed by atoms with Crippen molar-refractivity contribution >= 4 is 16.8 Å². The summed E-state index contributed by atoms with van der Waals surface area (Å²) >= 11 is 0. The minimum Gasteiger partial charge on any atom is -0.496 e. The second kappa shape index (κ2) is 6.99. The van der Waals surface area contributed by atoms with Crippen molar-refractivity contribution in [3.8, 4) is 5.75 Å². The Labute approximate surface area is 157 Å². The summed E-state index contributed by atoms with van der Waals surface area (Å²) in [6.45, 7) is 2.23. The third-order valence-corrected chi connectivity index (χ3v) is 5.21. The fourth-order valence-electron chi connectivity index (χ4n) is 3.85. The van der Waals surface area contributed by atoms with E-state index in [1.54, 1.807) is 17.0 Å². The molecule has 2 atom stereocenters. The lowest BCUT2D eigenvalue weighted by Crippen LogP contribution is -2.29. The number of carbonyl (C=O) groups excluding carboxylic acids is 1. The summed E-state index contributed by atoms with van der Waals surface area (Å²) in [6, 6.07) is 16.2. The molecule has 1 saturated heterocycles. The highest BCUT2D eigenvalue weighted by Crippen LogP contribution is 2.42. The van der Waals surface area contributed by atoms with Crippen LogP contribution < -0.4 is 4.74 Å². The number of hydrogen-bond acceptors (Lipinski definition) is 3. The number of likely N-dealkylation sites (tertiary alicyclic amines) is 1. The number of para-hydroxylation sites is 1. The van der Waals surface area contributed by atoms with Crippen LogP contribution in [0.5, 0.6) is 5.75 Å². The van der Waals surface area contributed by atoms with Crippen molar-refractivity contribution in [1.29, 1.82) is 0 Å². The third-order valence-electron chi connectivity index (χ3n) is 5.21. The molecule has 4 nitrogen and oxygen atoms in total. The molecule has 1 aliphatic rings. The lowest BCUT2D eigenvalue weighted by atomic mass is 9.99. The zero-order chi connectivity index (χ0) is 19.0. The predicted molar refractivity (Wildman–Crippen MR) is 102 cm³/mol. The Bertz CT molecular complexity index is 1000. The van der Waals surface area contributed by atoms with Crippen LogP contribution >= 0.6 is 0 Å². The molecule has 1 fully saturated rings. The van der Waals surface area contributed by atoms with Crippen molar-refractivity contribution < 1.29 is 13.9 Å². The molecular formula is C22H21FN2O2. The highest BCUT2D eigenvalue weighted by molar-refractivity contribution is 5.82. The molecule has 2 unspecified atom stereocenters. The highest BCUT2D eigenvalue weighted by atomic mass is 19.1. The molecule has 5 heteroatoms. The molecule has 0 spiro atoms. The van der Waals surface area contributed by atoms with E-state index in [-0.39, 0.29) is 23.7 Å². The maximum Gasteiger partial charge on any atom is 0.226 e. The number of rotatable bonds is 4. The molecule has 138 valence electrons. The Morgan fingerprint density at radius 2 is 1.96 bits per heavy atom. The van der Waals surface area contributed by atoms with E-state index >= 15 is 0 Å². The molecule has 3 aromatic rings. The molecule has 2 heterocycles. The van der Waals surface area contributed by atoms with Crippen LogP contribution in [-0.4, -0.2) is 22.9 Å². The summed E-state index contributed by atoms with van der Waals surface area (Å²) in [5.41, 5.74) is 2.12. The van der Waals surface area contributed by atoms with Gasteiger partial charge in [0.05, 0.1) is 36.5 Å². The summed E-state index contributed by atoms with van der Waals surface area (Å²) < 4.78 is 20.0. The molecule has 0 radical (unpaired) electrons. The van der Waals surface area contributed by atoms with E-state index in [4.69, 9.17) is 4.74 Å². The van der Waals surface area contributed by atoms with Crippen LogP contribution in [0.1, 0.15) is 30.6 Å². The van der Waals surface area contributed by atoms with Gasteiger partial charge in [-0.1, -0.05) is 37.3 Å². The minimum atomic E-state index is -0.364. The SMILES string of the molecule is COc1cccc(F)c1C1CC(C)C(=O)N1Cc1ccc2ccccc2n1. The predicted octanol–water partition coefficient (Wildman–Crippen LogP) is 4.49. The van der Waals surface area contributed by atoms with E-state index in [1.165, 1.54) is 13.2 Å². The topological polar surface area (TPSA) is 42.4 Å². The zero-order valence-corrected chi connectivity index (χ0v) is 15.4. The van der Waals surface area contributed by atoms with E-state index in [0.29, 0.717) is 24.3 Å². The van der Waals surface area contributed by atoms with Gasteiger partial charge in [0.1, 0.15) is 11.6 Å². The molecule has 0 bridgehead atoms. The zero-order valence-electron chi connectivity index (χ0n) is 15.4. The van der Waals surface area contributed by atoms with Gasteiger partial charge in [-0.25, -0.2) is 4.39 Å². The van der Waals surface area contributed by atoms with Crippen molar-refractivity contribution in [2.45, 2.75) is 25.9 Å². The number of pyridine rings is 1. The van der Waals surface area contributed by atoms with E-state index in [1.807, 2.05) is 43.3 Å². The second-order valence-corrected chi connectivity index (χ2v) is 6.97. The van der Waals surface area contributed by atoms with E-state index in [2.05, 4.69) is 4.98 Å². The molecule has 27 heavy (non-hydrogen) atoms. The molecule has 1 aliphatic heterocycles. The number of hydrogen-bond donors (Lipinski definition) is 0. The molecule has 0 saturated carbocycles. The third kappa shape index (κ3) is 3.14. The van der Waals surface area contributed by atoms with Crippen molar-refractivity contribution in [3.05, 3.63) is 71.7 Å². The number of benzene rings is 2. The number of methoxy groups -OCH3 is 1. The number of nitrogens with zero attached hydrogens (tertiary/aromatic N) is 2. The lowest BCUT2D eigenvalue weighted by molar-refractivity contribution is -0.132. The van der Waals surface area contributed by atoms with Crippen LogP contribution in [0.4, 0.5) is 4.39 Å². The van der Waals surface area contributed by atoms with Crippen LogP contribution in [0.25, 0.3) is 10.9 Å². The molecule has 1 amide bonds. The summed E-state index contributed by atoms with van der Waals surface area (Å²) in [7, 11) is 1.52. The van der Waals surface area contributed by atoms with Gasteiger partial charge < -0.3 is 9.64 Å². The Hall–Kier alpha value is -2.95. The van der Waals surface area contributed by atoms with Gasteiger partial charge in [-0.3, -0.25) is 9.78 Å². The largest absolute Gasteiger partial charge is 0.496 e. The van der Waals surface area contributed by atoms with Crippen LogP contribution in [0.2, 0.25) is 0 Å². The first-order valence-electron chi connectivity index (χ1n) is 9.06. The fourth-order valence-corrected chi connectivity index (χ4v) is 3.85. The van der Waals surface area contributed by atoms with Crippen LogP contribution in [-0.2, 0) is 11.3 Å². The summed E-state index contributed by atoms with van der Waals surface area (Å²) in [5, 5.41) is 1.05. The van der Waals surface area contributed by atoms with E-state index in [0.717, 1.165) is 16.6 Å². The average Bonchev–Trinajstić information content (AvgIpc) is 2.95. The van der Waals surface area contributed by atoms with Gasteiger partial charge in [0.2, 0.25) is 5.91 Å².